The molecule has 4 nitrogen and oxygen atoms in total. The first-order valence-electron chi connectivity index (χ1n) is 7.99. The maximum atomic E-state index is 11.6. The van der Waals surface area contributed by atoms with E-state index in [-0.39, 0.29) is 5.91 Å². The van der Waals surface area contributed by atoms with Crippen LogP contribution in [0.2, 0.25) is 0 Å². The van der Waals surface area contributed by atoms with Crippen LogP contribution >= 0.6 is 0 Å². The predicted molar refractivity (Wildman–Crippen MR) is 87.5 cm³/mol. The highest BCUT2D eigenvalue weighted by Crippen LogP contribution is 2.27. The highest BCUT2D eigenvalue weighted by molar-refractivity contribution is 5.77. The number of amides is 1. The van der Waals surface area contributed by atoms with Crippen LogP contribution in [0, 0.1) is 5.92 Å². The fraction of sp³-hybridized carbons (Fsp3) is 0.588. The zero-order valence-corrected chi connectivity index (χ0v) is 13.0. The lowest BCUT2D eigenvalue weighted by molar-refractivity contribution is -0.120. The summed E-state index contributed by atoms with van der Waals surface area (Å²) in [5.41, 5.74) is 1.24. The minimum Gasteiger partial charge on any atom is -0.375 e. The van der Waals surface area contributed by atoms with E-state index in [2.05, 4.69) is 46.8 Å². The smallest absolute Gasteiger partial charge is 0.233 e. The van der Waals surface area contributed by atoms with Crippen molar-refractivity contribution in [3.8, 4) is 0 Å². The Morgan fingerprint density at radius 3 is 2.71 bits per heavy atom. The number of hydrogen-bond acceptors (Lipinski definition) is 3. The highest BCUT2D eigenvalue weighted by Gasteiger charge is 2.20. The highest BCUT2D eigenvalue weighted by atomic mass is 16.1. The number of rotatable bonds is 10. The molecule has 0 spiro atoms. The van der Waals surface area contributed by atoms with Crippen molar-refractivity contribution in [2.75, 3.05) is 38.1 Å². The first kappa shape index (κ1) is 15.8. The van der Waals surface area contributed by atoms with Gasteiger partial charge in [-0.25, -0.2) is 0 Å². The molecule has 2 rings (SSSR count). The van der Waals surface area contributed by atoms with Gasteiger partial charge in [0.05, 0.1) is 6.54 Å². The lowest BCUT2D eigenvalue weighted by Gasteiger charge is -2.19. The fourth-order valence-electron chi connectivity index (χ4n) is 2.29. The summed E-state index contributed by atoms with van der Waals surface area (Å²) in [5, 5.41) is 6.18. The van der Waals surface area contributed by atoms with Crippen molar-refractivity contribution in [3.63, 3.8) is 0 Å². The molecule has 0 unspecified atom stereocenters. The number of anilines is 1. The zero-order chi connectivity index (χ0) is 14.9. The van der Waals surface area contributed by atoms with E-state index in [0.717, 1.165) is 38.4 Å². The van der Waals surface area contributed by atoms with Gasteiger partial charge in [0.1, 0.15) is 0 Å². The Morgan fingerprint density at radius 2 is 2.00 bits per heavy atom. The van der Waals surface area contributed by atoms with Crippen LogP contribution < -0.4 is 15.5 Å². The number of carbonyl (C=O) groups is 1. The number of nitrogens with zero attached hydrogens (tertiary/aromatic N) is 1. The molecule has 1 aliphatic carbocycles. The minimum absolute atomic E-state index is 0.118. The third-order valence-corrected chi connectivity index (χ3v) is 3.85. The van der Waals surface area contributed by atoms with Gasteiger partial charge in [0.25, 0.3) is 0 Å². The van der Waals surface area contributed by atoms with Gasteiger partial charge in [-0.15, -0.1) is 0 Å². The lowest BCUT2D eigenvalue weighted by atomic mass is 10.2. The Labute approximate surface area is 127 Å². The molecule has 0 aromatic heterocycles. The van der Waals surface area contributed by atoms with Gasteiger partial charge in [0, 0.05) is 25.8 Å². The number of unbranched alkanes of at least 4 members (excludes halogenated alkanes) is 1. The van der Waals surface area contributed by atoms with Gasteiger partial charge < -0.3 is 15.5 Å². The third-order valence-electron chi connectivity index (χ3n) is 3.85. The summed E-state index contributed by atoms with van der Waals surface area (Å²) in [6.45, 7) is 3.24. The Balaban J connectivity index is 1.46. The summed E-state index contributed by atoms with van der Waals surface area (Å²) in [4.78, 5) is 13.8. The quantitative estimate of drug-likeness (QED) is 0.648. The maximum absolute atomic E-state index is 11.6. The summed E-state index contributed by atoms with van der Waals surface area (Å²) in [5.74, 6) is 0.943. The molecule has 0 bridgehead atoms. The Hall–Kier alpha value is -1.55. The van der Waals surface area contributed by atoms with Gasteiger partial charge in [0.2, 0.25) is 5.91 Å². The Kier molecular flexibility index (Phi) is 6.54. The van der Waals surface area contributed by atoms with Crippen LogP contribution in [-0.4, -0.2) is 39.1 Å². The SMILES string of the molecule is CN(CCCCNC(=O)CNCC1CC1)c1ccccc1. The summed E-state index contributed by atoms with van der Waals surface area (Å²) >= 11 is 0. The molecule has 0 aliphatic heterocycles. The molecular formula is C17H27N3O. The van der Waals surface area contributed by atoms with E-state index in [0.29, 0.717) is 6.54 Å². The van der Waals surface area contributed by atoms with Crippen molar-refractivity contribution in [1.82, 2.24) is 10.6 Å². The summed E-state index contributed by atoms with van der Waals surface area (Å²) in [6.07, 6.45) is 4.75. The monoisotopic (exact) mass is 289 g/mol. The summed E-state index contributed by atoms with van der Waals surface area (Å²) in [7, 11) is 2.11. The molecule has 0 atom stereocenters. The molecule has 0 radical (unpaired) electrons. The van der Waals surface area contributed by atoms with E-state index in [1.54, 1.807) is 0 Å². The van der Waals surface area contributed by atoms with Gasteiger partial charge in [-0.2, -0.15) is 0 Å². The van der Waals surface area contributed by atoms with Crippen LogP contribution in [0.25, 0.3) is 0 Å². The molecule has 0 saturated heterocycles. The van der Waals surface area contributed by atoms with Crippen molar-refractivity contribution in [2.45, 2.75) is 25.7 Å². The molecule has 1 saturated carbocycles. The Bertz CT molecular complexity index is 417. The van der Waals surface area contributed by atoms with Gasteiger partial charge in [-0.3, -0.25) is 4.79 Å². The van der Waals surface area contributed by atoms with Gasteiger partial charge >= 0.3 is 0 Å². The normalized spacial score (nSPS) is 14.0. The van der Waals surface area contributed by atoms with Gasteiger partial charge in [-0.1, -0.05) is 18.2 Å². The second kappa shape index (κ2) is 8.67. The number of benzene rings is 1. The Morgan fingerprint density at radius 1 is 1.24 bits per heavy atom. The van der Waals surface area contributed by atoms with Crippen LogP contribution in [0.1, 0.15) is 25.7 Å². The van der Waals surface area contributed by atoms with E-state index >= 15 is 0 Å². The molecule has 21 heavy (non-hydrogen) atoms. The van der Waals surface area contributed by atoms with E-state index < -0.39 is 0 Å². The molecule has 2 N–H and O–H groups in total. The average Bonchev–Trinajstić information content (AvgIpc) is 3.32. The molecule has 1 aliphatic rings. The standard InChI is InChI=1S/C17H27N3O/c1-20(16-7-3-2-4-8-16)12-6-5-11-19-17(21)14-18-13-15-9-10-15/h2-4,7-8,15,18H,5-6,9-14H2,1H3,(H,19,21). The van der Waals surface area contributed by atoms with Gasteiger partial charge in [-0.05, 0) is 50.3 Å². The largest absolute Gasteiger partial charge is 0.375 e. The topological polar surface area (TPSA) is 44.4 Å². The van der Waals surface area contributed by atoms with E-state index in [9.17, 15) is 4.79 Å². The maximum Gasteiger partial charge on any atom is 0.233 e. The zero-order valence-electron chi connectivity index (χ0n) is 13.0. The van der Waals surface area contributed by atoms with Crippen LogP contribution in [0.4, 0.5) is 5.69 Å². The molecule has 1 fully saturated rings. The number of para-hydroxylation sites is 1. The molecule has 1 aromatic carbocycles. The van der Waals surface area contributed by atoms with Crippen molar-refractivity contribution in [1.29, 1.82) is 0 Å². The van der Waals surface area contributed by atoms with Crippen LogP contribution in [0.15, 0.2) is 30.3 Å². The van der Waals surface area contributed by atoms with E-state index in [4.69, 9.17) is 0 Å². The second-order valence-electron chi connectivity index (χ2n) is 5.89. The third kappa shape index (κ3) is 6.63. The summed E-state index contributed by atoms with van der Waals surface area (Å²) in [6, 6.07) is 10.4. The van der Waals surface area contributed by atoms with Crippen molar-refractivity contribution >= 4 is 11.6 Å². The average molecular weight is 289 g/mol. The molecular weight excluding hydrogens is 262 g/mol. The van der Waals surface area contributed by atoms with E-state index in [1.807, 2.05) is 6.07 Å². The molecule has 1 amide bonds. The first-order valence-corrected chi connectivity index (χ1v) is 7.99. The van der Waals surface area contributed by atoms with Crippen molar-refractivity contribution in [2.24, 2.45) is 5.92 Å². The van der Waals surface area contributed by atoms with E-state index in [1.165, 1.54) is 18.5 Å². The van der Waals surface area contributed by atoms with Crippen LogP contribution in [0.5, 0.6) is 0 Å². The number of nitrogens with one attached hydrogen (secondary N) is 2. The molecule has 0 heterocycles. The van der Waals surface area contributed by atoms with Gasteiger partial charge in [0.15, 0.2) is 0 Å². The number of carbonyl (C=O) groups excluding carboxylic acids is 1. The van der Waals surface area contributed by atoms with Crippen molar-refractivity contribution < 1.29 is 4.79 Å². The minimum atomic E-state index is 0.118. The molecule has 116 valence electrons. The van der Waals surface area contributed by atoms with Crippen LogP contribution in [0.3, 0.4) is 0 Å². The lowest BCUT2D eigenvalue weighted by Crippen LogP contribution is -2.35. The number of hydrogen-bond donors (Lipinski definition) is 2. The van der Waals surface area contributed by atoms with Crippen LogP contribution in [-0.2, 0) is 4.79 Å². The van der Waals surface area contributed by atoms with Crippen molar-refractivity contribution in [3.05, 3.63) is 30.3 Å². The summed E-state index contributed by atoms with van der Waals surface area (Å²) < 4.78 is 0. The first-order chi connectivity index (χ1) is 10.3. The fourth-order valence-corrected chi connectivity index (χ4v) is 2.29. The predicted octanol–water partition coefficient (Wildman–Crippen LogP) is 2.02. The molecule has 1 aromatic rings. The molecule has 4 heteroatoms. The second-order valence-corrected chi connectivity index (χ2v) is 5.89.